The Bertz CT molecular complexity index is 929. The second-order valence-electron chi connectivity index (χ2n) is 6.36. The topological polar surface area (TPSA) is 103 Å². The Morgan fingerprint density at radius 1 is 0.897 bits per heavy atom. The summed E-state index contributed by atoms with van der Waals surface area (Å²) in [6.07, 6.45) is -0.353. The highest BCUT2D eigenvalue weighted by atomic mass is 19.1. The lowest BCUT2D eigenvalue weighted by Gasteiger charge is -2.07. The first-order chi connectivity index (χ1) is 13.7. The molecule has 154 valence electrons. The Morgan fingerprint density at radius 3 is 2.14 bits per heavy atom. The van der Waals surface area contributed by atoms with Crippen molar-refractivity contribution in [2.24, 2.45) is 0 Å². The molecule has 0 saturated carbocycles. The van der Waals surface area contributed by atoms with Gasteiger partial charge in [0.1, 0.15) is 5.82 Å². The van der Waals surface area contributed by atoms with Gasteiger partial charge in [-0.2, -0.15) is 0 Å². The molecule has 0 saturated heterocycles. The van der Waals surface area contributed by atoms with E-state index in [1.165, 1.54) is 12.1 Å². The van der Waals surface area contributed by atoms with Crippen LogP contribution >= 0.6 is 0 Å². The summed E-state index contributed by atoms with van der Waals surface area (Å²) in [5, 5.41) is 0. The molecule has 1 aromatic carbocycles. The fourth-order valence-electron chi connectivity index (χ4n) is 2.87. The first-order valence-electron chi connectivity index (χ1n) is 9.08. The van der Waals surface area contributed by atoms with Gasteiger partial charge < -0.3 is 14.5 Å². The van der Waals surface area contributed by atoms with Gasteiger partial charge in [-0.1, -0.05) is 0 Å². The van der Waals surface area contributed by atoms with Crippen LogP contribution in [0.25, 0.3) is 0 Å². The number of rotatable bonds is 9. The van der Waals surface area contributed by atoms with E-state index in [0.717, 1.165) is 12.1 Å². The Morgan fingerprint density at radius 2 is 1.52 bits per heavy atom. The number of nitrogens with one attached hydrogen (secondary N) is 1. The van der Waals surface area contributed by atoms with Crippen molar-refractivity contribution >= 4 is 23.5 Å². The average Bonchev–Trinajstić information content (AvgIpc) is 2.98. The molecular formula is C21H22FNO6. The summed E-state index contributed by atoms with van der Waals surface area (Å²) in [5.74, 6) is -2.70. The van der Waals surface area contributed by atoms with E-state index in [1.54, 1.807) is 20.8 Å². The van der Waals surface area contributed by atoms with Gasteiger partial charge in [-0.15, -0.1) is 0 Å². The third kappa shape index (κ3) is 5.60. The van der Waals surface area contributed by atoms with Crippen molar-refractivity contribution in [3.63, 3.8) is 0 Å². The number of aryl methyl sites for hydroxylation is 2. The zero-order chi connectivity index (χ0) is 21.6. The van der Waals surface area contributed by atoms with Crippen LogP contribution in [0.1, 0.15) is 62.2 Å². The van der Waals surface area contributed by atoms with Crippen molar-refractivity contribution in [1.29, 1.82) is 0 Å². The molecule has 0 spiro atoms. The number of halogens is 1. The third-order valence-electron chi connectivity index (χ3n) is 4.22. The average molecular weight is 403 g/mol. The van der Waals surface area contributed by atoms with E-state index < -0.39 is 30.1 Å². The smallest absolute Gasteiger partial charge is 0.340 e. The maximum atomic E-state index is 12.9. The van der Waals surface area contributed by atoms with Gasteiger partial charge in [-0.3, -0.25) is 14.4 Å². The summed E-state index contributed by atoms with van der Waals surface area (Å²) < 4.78 is 22.8. The highest BCUT2D eigenvalue weighted by Gasteiger charge is 2.26. The highest BCUT2D eigenvalue weighted by molar-refractivity contribution is 6.09. The van der Waals surface area contributed by atoms with Crippen LogP contribution in [0.5, 0.6) is 0 Å². The Balaban J connectivity index is 1.93. The minimum Gasteiger partial charge on any atom is -0.462 e. The predicted molar refractivity (Wildman–Crippen MR) is 101 cm³/mol. The van der Waals surface area contributed by atoms with Gasteiger partial charge >= 0.3 is 11.9 Å². The molecular weight excluding hydrogens is 381 g/mol. The largest absolute Gasteiger partial charge is 0.462 e. The molecule has 0 unspecified atom stereocenters. The van der Waals surface area contributed by atoms with Gasteiger partial charge in [0.2, 0.25) is 5.78 Å². The third-order valence-corrected chi connectivity index (χ3v) is 4.22. The minimum absolute atomic E-state index is 0.121. The van der Waals surface area contributed by atoms with Crippen molar-refractivity contribution in [3.05, 3.63) is 58.2 Å². The summed E-state index contributed by atoms with van der Waals surface area (Å²) in [6, 6.07) is 4.99. The number of carbonyl (C=O) groups excluding carboxylic acids is 4. The second kappa shape index (κ2) is 9.77. The van der Waals surface area contributed by atoms with Crippen LogP contribution in [0.15, 0.2) is 24.3 Å². The van der Waals surface area contributed by atoms with Crippen LogP contribution in [0.2, 0.25) is 0 Å². The van der Waals surface area contributed by atoms with Crippen LogP contribution in [-0.2, 0) is 14.3 Å². The Kier molecular flexibility index (Phi) is 7.41. The molecule has 0 bridgehead atoms. The SMILES string of the molecule is CCOC(=O)c1c(C)[nH]c(C)c1C(=O)COC(=O)CCC(=O)c1ccc(F)cc1. The number of aromatic amines is 1. The van der Waals surface area contributed by atoms with E-state index in [-0.39, 0.29) is 41.9 Å². The molecule has 1 aromatic heterocycles. The number of aromatic nitrogens is 1. The zero-order valence-corrected chi connectivity index (χ0v) is 16.5. The van der Waals surface area contributed by atoms with E-state index in [9.17, 15) is 23.6 Å². The number of benzene rings is 1. The van der Waals surface area contributed by atoms with Crippen molar-refractivity contribution < 1.29 is 33.0 Å². The normalized spacial score (nSPS) is 10.5. The first-order valence-corrected chi connectivity index (χ1v) is 9.08. The highest BCUT2D eigenvalue weighted by Crippen LogP contribution is 2.20. The van der Waals surface area contributed by atoms with E-state index in [2.05, 4.69) is 4.98 Å². The minimum atomic E-state index is -0.726. The Hall–Kier alpha value is -3.29. The molecule has 2 aromatic rings. The number of H-pyrrole nitrogens is 1. The number of carbonyl (C=O) groups is 4. The molecule has 0 amide bonds. The molecule has 29 heavy (non-hydrogen) atoms. The van der Waals surface area contributed by atoms with E-state index >= 15 is 0 Å². The monoisotopic (exact) mass is 403 g/mol. The number of hydrogen-bond acceptors (Lipinski definition) is 6. The lowest BCUT2D eigenvalue weighted by molar-refractivity contribution is -0.142. The van der Waals surface area contributed by atoms with Crippen LogP contribution in [0.3, 0.4) is 0 Å². The number of Topliss-reactive ketones (excluding diaryl/α,β-unsaturated/α-hetero) is 2. The molecule has 1 N–H and O–H groups in total. The van der Waals surface area contributed by atoms with Gasteiger partial charge in [0, 0.05) is 23.4 Å². The summed E-state index contributed by atoms with van der Waals surface area (Å²) in [6.45, 7) is 4.53. The first kappa shape index (κ1) is 22.0. The van der Waals surface area contributed by atoms with Gasteiger partial charge in [-0.25, -0.2) is 9.18 Å². The molecule has 7 nitrogen and oxygen atoms in total. The number of ketones is 2. The van der Waals surface area contributed by atoms with Gasteiger partial charge in [-0.05, 0) is 45.0 Å². The zero-order valence-electron chi connectivity index (χ0n) is 16.5. The molecule has 8 heteroatoms. The summed E-state index contributed by atoms with van der Waals surface area (Å²) in [5.41, 5.74) is 1.49. The molecule has 0 aliphatic carbocycles. The number of hydrogen-bond donors (Lipinski definition) is 1. The molecule has 2 rings (SSSR count). The van der Waals surface area contributed by atoms with Gasteiger partial charge in [0.25, 0.3) is 0 Å². The molecule has 0 atom stereocenters. The van der Waals surface area contributed by atoms with E-state index in [4.69, 9.17) is 9.47 Å². The lowest BCUT2D eigenvalue weighted by Crippen LogP contribution is -2.18. The lowest BCUT2D eigenvalue weighted by atomic mass is 10.1. The maximum Gasteiger partial charge on any atom is 0.340 e. The molecule has 0 radical (unpaired) electrons. The summed E-state index contributed by atoms with van der Waals surface area (Å²) in [4.78, 5) is 51.4. The number of esters is 2. The van der Waals surface area contributed by atoms with Crippen LogP contribution in [-0.4, -0.2) is 41.7 Å². The second-order valence-corrected chi connectivity index (χ2v) is 6.36. The number of ether oxygens (including phenoxy) is 2. The maximum absolute atomic E-state index is 12.9. The van der Waals surface area contributed by atoms with Crippen LogP contribution in [0.4, 0.5) is 4.39 Å². The van der Waals surface area contributed by atoms with Gasteiger partial charge in [0.05, 0.1) is 24.2 Å². The van der Waals surface area contributed by atoms with Crippen LogP contribution < -0.4 is 0 Å². The van der Waals surface area contributed by atoms with E-state index in [1.807, 2.05) is 0 Å². The summed E-state index contributed by atoms with van der Waals surface area (Å²) in [7, 11) is 0. The van der Waals surface area contributed by atoms with Crippen LogP contribution in [0, 0.1) is 19.7 Å². The quantitative estimate of drug-likeness (QED) is 0.509. The van der Waals surface area contributed by atoms with Crippen molar-refractivity contribution in [2.75, 3.05) is 13.2 Å². The fourth-order valence-corrected chi connectivity index (χ4v) is 2.87. The summed E-state index contributed by atoms with van der Waals surface area (Å²) >= 11 is 0. The molecule has 0 fully saturated rings. The van der Waals surface area contributed by atoms with Gasteiger partial charge in [0.15, 0.2) is 12.4 Å². The molecule has 0 aliphatic heterocycles. The van der Waals surface area contributed by atoms with Crippen molar-refractivity contribution in [2.45, 2.75) is 33.6 Å². The van der Waals surface area contributed by atoms with E-state index in [0.29, 0.717) is 11.4 Å². The predicted octanol–water partition coefficient (Wildman–Crippen LogP) is 3.34. The standard InChI is InChI=1S/C21H22FNO6/c1-4-28-21(27)20-13(3)23-12(2)19(20)17(25)11-29-18(26)10-9-16(24)14-5-7-15(22)8-6-14/h5-8,23H,4,9-11H2,1-3H3. The van der Waals surface area contributed by atoms with Crippen molar-refractivity contribution in [1.82, 2.24) is 4.98 Å². The fraction of sp³-hybridized carbons (Fsp3) is 0.333. The molecule has 1 heterocycles. The van der Waals surface area contributed by atoms with Crippen molar-refractivity contribution in [3.8, 4) is 0 Å². The Labute approximate surface area is 167 Å². The molecule has 0 aliphatic rings.